The molecule has 2 aromatic carbocycles. The van der Waals surface area contributed by atoms with E-state index in [0.717, 1.165) is 11.3 Å². The molecule has 0 aliphatic carbocycles. The molecule has 30 heavy (non-hydrogen) atoms. The number of anilines is 3. The van der Waals surface area contributed by atoms with Gasteiger partial charge in [0.25, 0.3) is 0 Å². The van der Waals surface area contributed by atoms with E-state index in [0.29, 0.717) is 51.8 Å². The van der Waals surface area contributed by atoms with Crippen LogP contribution in [0.15, 0.2) is 53.0 Å². The summed E-state index contributed by atoms with van der Waals surface area (Å²) in [5, 5.41) is 20.8. The number of benzene rings is 2. The van der Waals surface area contributed by atoms with Crippen LogP contribution < -0.4 is 20.5 Å². The second-order valence-corrected chi connectivity index (χ2v) is 7.13. The minimum absolute atomic E-state index is 0.323. The van der Waals surface area contributed by atoms with Crippen molar-refractivity contribution in [2.24, 2.45) is 0 Å². The molecule has 0 saturated carbocycles. The van der Waals surface area contributed by atoms with Crippen molar-refractivity contribution < 1.29 is 9.47 Å². The van der Waals surface area contributed by atoms with E-state index < -0.39 is 0 Å². The summed E-state index contributed by atoms with van der Waals surface area (Å²) < 4.78 is 12.1. The summed E-state index contributed by atoms with van der Waals surface area (Å²) in [6.07, 6.45) is 1.03. The van der Waals surface area contributed by atoms with Crippen LogP contribution in [0.25, 0.3) is 0 Å². The molecule has 0 aliphatic heterocycles. The highest BCUT2D eigenvalue weighted by Gasteiger charge is 2.14. The van der Waals surface area contributed by atoms with Crippen molar-refractivity contribution in [3.05, 3.63) is 64.1 Å². The third-order valence-corrected chi connectivity index (χ3v) is 4.79. The fourth-order valence-electron chi connectivity index (χ4n) is 2.70. The first-order valence-corrected chi connectivity index (χ1v) is 9.78. The molecule has 3 aromatic rings. The summed E-state index contributed by atoms with van der Waals surface area (Å²) in [6.45, 7) is 0. The first-order valence-electron chi connectivity index (χ1n) is 8.99. The quantitative estimate of drug-likeness (QED) is 0.487. The van der Waals surface area contributed by atoms with E-state index in [9.17, 15) is 0 Å². The fourth-order valence-corrected chi connectivity index (χ4v) is 3.27. The van der Waals surface area contributed by atoms with Crippen LogP contribution in [0, 0.1) is 22.7 Å². The van der Waals surface area contributed by atoms with Gasteiger partial charge in [-0.15, -0.1) is 0 Å². The predicted octanol–water partition coefficient (Wildman–Crippen LogP) is 5.30. The number of halogens is 1. The highest BCUT2D eigenvalue weighted by Crippen LogP contribution is 2.40. The maximum absolute atomic E-state index is 8.92. The summed E-state index contributed by atoms with van der Waals surface area (Å²) in [4.78, 5) is 4.45. The van der Waals surface area contributed by atoms with E-state index in [1.165, 1.54) is 0 Å². The molecule has 0 bridgehead atoms. The SMILES string of the molecule is COc1cc(CCC#N)cc(Br)c1Oc1ccc(N)c(Nc2ccc(C#N)cc2)n1. The molecule has 1 aromatic heterocycles. The largest absolute Gasteiger partial charge is 0.493 e. The number of hydrogen-bond donors (Lipinski definition) is 2. The number of aromatic nitrogens is 1. The molecule has 0 atom stereocenters. The summed E-state index contributed by atoms with van der Waals surface area (Å²) in [7, 11) is 1.55. The number of nitriles is 2. The molecule has 1 heterocycles. The smallest absolute Gasteiger partial charge is 0.221 e. The predicted molar refractivity (Wildman–Crippen MR) is 118 cm³/mol. The van der Waals surface area contributed by atoms with E-state index >= 15 is 0 Å². The van der Waals surface area contributed by atoms with E-state index in [2.05, 4.69) is 38.4 Å². The highest BCUT2D eigenvalue weighted by molar-refractivity contribution is 9.10. The minimum atomic E-state index is 0.323. The molecule has 0 radical (unpaired) electrons. The molecule has 150 valence electrons. The number of aryl methyl sites for hydroxylation is 1. The average Bonchev–Trinajstić information content (AvgIpc) is 2.76. The van der Waals surface area contributed by atoms with Crippen molar-refractivity contribution in [3.63, 3.8) is 0 Å². The van der Waals surface area contributed by atoms with Crippen LogP contribution in [0.2, 0.25) is 0 Å². The van der Waals surface area contributed by atoms with Gasteiger partial charge in [0, 0.05) is 18.2 Å². The van der Waals surface area contributed by atoms with Crippen LogP contribution in [-0.4, -0.2) is 12.1 Å². The number of nitrogens with zero attached hydrogens (tertiary/aromatic N) is 3. The molecule has 0 amide bonds. The van der Waals surface area contributed by atoms with Crippen LogP contribution >= 0.6 is 15.9 Å². The van der Waals surface area contributed by atoms with Crippen molar-refractivity contribution in [2.75, 3.05) is 18.2 Å². The Hall–Kier alpha value is -3.75. The molecule has 3 rings (SSSR count). The van der Waals surface area contributed by atoms with Crippen molar-refractivity contribution >= 4 is 33.1 Å². The minimum Gasteiger partial charge on any atom is -0.493 e. The van der Waals surface area contributed by atoms with Gasteiger partial charge >= 0.3 is 0 Å². The normalized spacial score (nSPS) is 10.0. The number of nitrogen functional groups attached to an aromatic ring is 1. The van der Waals surface area contributed by atoms with Gasteiger partial charge in [0.05, 0.1) is 35.0 Å². The van der Waals surface area contributed by atoms with E-state index in [1.807, 2.05) is 12.1 Å². The number of ether oxygens (including phenoxy) is 2. The zero-order valence-corrected chi connectivity index (χ0v) is 17.7. The van der Waals surface area contributed by atoms with Crippen LogP contribution in [0.3, 0.4) is 0 Å². The summed E-state index contributed by atoms with van der Waals surface area (Å²) in [6, 6.07) is 18.2. The Balaban J connectivity index is 1.86. The van der Waals surface area contributed by atoms with Crippen LogP contribution in [0.5, 0.6) is 17.4 Å². The van der Waals surface area contributed by atoms with Gasteiger partial charge in [-0.05, 0) is 70.4 Å². The van der Waals surface area contributed by atoms with Gasteiger partial charge in [0.1, 0.15) is 0 Å². The van der Waals surface area contributed by atoms with Gasteiger partial charge in [-0.25, -0.2) is 0 Å². The topological polar surface area (TPSA) is 117 Å². The zero-order chi connectivity index (χ0) is 21.5. The highest BCUT2D eigenvalue weighted by atomic mass is 79.9. The molecule has 0 fully saturated rings. The number of nitrogens with two attached hydrogens (primary N) is 1. The zero-order valence-electron chi connectivity index (χ0n) is 16.1. The molecular formula is C22H18BrN5O2. The van der Waals surface area contributed by atoms with E-state index in [4.69, 9.17) is 25.7 Å². The van der Waals surface area contributed by atoms with Gasteiger partial charge in [0.15, 0.2) is 17.3 Å². The molecule has 0 saturated heterocycles. The number of pyridine rings is 1. The van der Waals surface area contributed by atoms with E-state index in [1.54, 1.807) is 43.5 Å². The Bertz CT molecular complexity index is 1130. The first kappa shape index (κ1) is 21.0. The summed E-state index contributed by atoms with van der Waals surface area (Å²) in [5.74, 6) is 1.75. The molecule has 3 N–H and O–H groups in total. The van der Waals surface area contributed by atoms with Crippen molar-refractivity contribution in [1.29, 1.82) is 10.5 Å². The molecule has 7 nitrogen and oxygen atoms in total. The summed E-state index contributed by atoms with van der Waals surface area (Å²) >= 11 is 3.51. The maximum atomic E-state index is 8.92. The first-order chi connectivity index (χ1) is 14.5. The second kappa shape index (κ2) is 9.64. The third kappa shape index (κ3) is 4.99. The lowest BCUT2D eigenvalue weighted by Crippen LogP contribution is -2.01. The van der Waals surface area contributed by atoms with Gasteiger partial charge in [-0.3, -0.25) is 0 Å². The molecule has 0 spiro atoms. The average molecular weight is 464 g/mol. The van der Waals surface area contributed by atoms with E-state index in [-0.39, 0.29) is 0 Å². The Morgan fingerprint density at radius 1 is 1.13 bits per heavy atom. The fraction of sp³-hybridized carbons (Fsp3) is 0.136. The van der Waals surface area contributed by atoms with Crippen LogP contribution in [0.1, 0.15) is 17.5 Å². The third-order valence-electron chi connectivity index (χ3n) is 4.20. The Labute approximate surface area is 182 Å². The number of methoxy groups -OCH3 is 1. The van der Waals surface area contributed by atoms with Crippen molar-refractivity contribution in [2.45, 2.75) is 12.8 Å². The number of nitrogens with one attached hydrogen (secondary N) is 1. The Morgan fingerprint density at radius 3 is 2.57 bits per heavy atom. The van der Waals surface area contributed by atoms with Gasteiger partial charge in [0.2, 0.25) is 5.88 Å². The monoisotopic (exact) mass is 463 g/mol. The lowest BCUT2D eigenvalue weighted by atomic mass is 10.1. The van der Waals surface area contributed by atoms with Crippen LogP contribution in [0.4, 0.5) is 17.2 Å². The van der Waals surface area contributed by atoms with Crippen LogP contribution in [-0.2, 0) is 6.42 Å². The Morgan fingerprint density at radius 2 is 1.90 bits per heavy atom. The van der Waals surface area contributed by atoms with Crippen molar-refractivity contribution in [1.82, 2.24) is 4.98 Å². The van der Waals surface area contributed by atoms with Gasteiger partial charge in [-0.1, -0.05) is 0 Å². The van der Waals surface area contributed by atoms with Gasteiger partial charge < -0.3 is 20.5 Å². The van der Waals surface area contributed by atoms with Crippen molar-refractivity contribution in [3.8, 4) is 29.5 Å². The number of hydrogen-bond acceptors (Lipinski definition) is 7. The number of rotatable bonds is 7. The summed E-state index contributed by atoms with van der Waals surface area (Å²) in [5.41, 5.74) is 8.76. The second-order valence-electron chi connectivity index (χ2n) is 6.27. The van der Waals surface area contributed by atoms with Gasteiger partial charge in [-0.2, -0.15) is 15.5 Å². The molecule has 0 unspecified atom stereocenters. The Kier molecular flexibility index (Phi) is 6.74. The maximum Gasteiger partial charge on any atom is 0.221 e. The standard InChI is InChI=1S/C22H18BrN5O2/c1-29-19-12-15(3-2-10-24)11-17(23)21(19)30-20-9-8-18(26)22(28-20)27-16-6-4-14(13-25)5-7-16/h4-9,11-12H,2-3,26H2,1H3,(H,27,28). The molecule has 8 heteroatoms. The molecule has 0 aliphatic rings. The molecular weight excluding hydrogens is 446 g/mol. The lowest BCUT2D eigenvalue weighted by molar-refractivity contribution is 0.372. The lowest BCUT2D eigenvalue weighted by Gasteiger charge is -2.15.